The molecule has 2 aromatic rings. The summed E-state index contributed by atoms with van der Waals surface area (Å²) < 4.78 is 10.9. The Labute approximate surface area is 137 Å². The van der Waals surface area contributed by atoms with Crippen molar-refractivity contribution < 1.29 is 14.6 Å². The summed E-state index contributed by atoms with van der Waals surface area (Å²) in [4.78, 5) is 0. The second kappa shape index (κ2) is 7.88. The molecule has 0 aliphatic heterocycles. The third-order valence-electron chi connectivity index (χ3n) is 3.92. The summed E-state index contributed by atoms with van der Waals surface area (Å²) in [5.41, 5.74) is 9.41. The maximum atomic E-state index is 9.72. The molecule has 4 heteroatoms. The molecular weight excluding hydrogens is 290 g/mol. The molecule has 2 aromatic carbocycles. The van der Waals surface area contributed by atoms with Gasteiger partial charge < -0.3 is 20.3 Å². The molecule has 0 spiro atoms. The number of rotatable bonds is 7. The van der Waals surface area contributed by atoms with Gasteiger partial charge in [-0.2, -0.15) is 0 Å². The molecule has 0 saturated heterocycles. The summed E-state index contributed by atoms with van der Waals surface area (Å²) in [6.45, 7) is 5.19. The van der Waals surface area contributed by atoms with E-state index in [9.17, 15) is 5.11 Å². The second-order valence-electron chi connectivity index (χ2n) is 5.62. The largest absolute Gasteiger partial charge is 0.504 e. The Morgan fingerprint density at radius 2 is 1.91 bits per heavy atom. The molecule has 1 unspecified atom stereocenters. The first-order valence-electron chi connectivity index (χ1n) is 7.88. The van der Waals surface area contributed by atoms with Crippen molar-refractivity contribution in [2.24, 2.45) is 5.73 Å². The number of benzene rings is 2. The Morgan fingerprint density at radius 3 is 2.57 bits per heavy atom. The van der Waals surface area contributed by atoms with Gasteiger partial charge in [0.15, 0.2) is 11.5 Å². The van der Waals surface area contributed by atoms with E-state index in [2.05, 4.69) is 13.0 Å². The predicted molar refractivity (Wildman–Crippen MR) is 92.5 cm³/mol. The van der Waals surface area contributed by atoms with Crippen LogP contribution in [0.3, 0.4) is 0 Å². The Balaban J connectivity index is 2.31. The molecule has 0 radical (unpaired) electrons. The van der Waals surface area contributed by atoms with E-state index in [0.29, 0.717) is 18.9 Å². The minimum absolute atomic E-state index is 0.144. The summed E-state index contributed by atoms with van der Waals surface area (Å²) in [5, 5.41) is 9.72. The quantitative estimate of drug-likeness (QED) is 0.822. The lowest BCUT2D eigenvalue weighted by Crippen LogP contribution is -2.16. The average molecular weight is 315 g/mol. The Hall–Kier alpha value is -2.20. The van der Waals surface area contributed by atoms with Crippen LogP contribution in [0.15, 0.2) is 36.4 Å². The van der Waals surface area contributed by atoms with Gasteiger partial charge in [-0.25, -0.2) is 0 Å². The predicted octanol–water partition coefficient (Wildman–Crippen LogP) is 3.39. The number of nitrogens with two attached hydrogens (primary N) is 1. The molecule has 0 aliphatic carbocycles. The van der Waals surface area contributed by atoms with E-state index in [4.69, 9.17) is 15.2 Å². The summed E-state index contributed by atoms with van der Waals surface area (Å²) >= 11 is 0. The van der Waals surface area contributed by atoms with E-state index in [1.54, 1.807) is 13.2 Å². The lowest BCUT2D eigenvalue weighted by molar-refractivity contribution is 0.334. The van der Waals surface area contributed by atoms with Crippen molar-refractivity contribution in [2.45, 2.75) is 26.2 Å². The van der Waals surface area contributed by atoms with Crippen LogP contribution in [0.1, 0.15) is 29.5 Å². The fraction of sp³-hybridized carbons (Fsp3) is 0.368. The van der Waals surface area contributed by atoms with Crippen LogP contribution >= 0.6 is 0 Å². The minimum Gasteiger partial charge on any atom is -0.504 e. The lowest BCUT2D eigenvalue weighted by Gasteiger charge is -2.20. The number of aryl methyl sites for hydroxylation is 1. The van der Waals surface area contributed by atoms with Crippen LogP contribution in [-0.4, -0.2) is 25.4 Å². The first kappa shape index (κ1) is 17.2. The van der Waals surface area contributed by atoms with Gasteiger partial charge in [0.2, 0.25) is 0 Å². The van der Waals surface area contributed by atoms with E-state index < -0.39 is 0 Å². The molecule has 0 fully saturated rings. The summed E-state index contributed by atoms with van der Waals surface area (Å²) in [6.07, 6.45) is 0.761. The number of methoxy groups -OCH3 is 1. The van der Waals surface area contributed by atoms with Crippen molar-refractivity contribution in [3.63, 3.8) is 0 Å². The molecule has 4 nitrogen and oxygen atoms in total. The van der Waals surface area contributed by atoms with Crippen molar-refractivity contribution in [3.8, 4) is 17.2 Å². The monoisotopic (exact) mass is 315 g/mol. The lowest BCUT2D eigenvalue weighted by atomic mass is 9.90. The molecule has 124 valence electrons. The van der Waals surface area contributed by atoms with Gasteiger partial charge in [-0.15, -0.1) is 0 Å². The van der Waals surface area contributed by atoms with E-state index in [1.807, 2.05) is 31.2 Å². The SMILES string of the molecule is CCOc1ccc(C)cc1C(CN)Cc1ccc(O)c(OC)c1. The molecular formula is C19H25NO3. The van der Waals surface area contributed by atoms with Crippen LogP contribution < -0.4 is 15.2 Å². The van der Waals surface area contributed by atoms with Crippen molar-refractivity contribution in [2.75, 3.05) is 20.3 Å². The highest BCUT2D eigenvalue weighted by Crippen LogP contribution is 2.32. The van der Waals surface area contributed by atoms with Gasteiger partial charge in [0.25, 0.3) is 0 Å². The Bertz CT molecular complexity index is 655. The molecule has 3 N–H and O–H groups in total. The van der Waals surface area contributed by atoms with Crippen molar-refractivity contribution >= 4 is 0 Å². The normalized spacial score (nSPS) is 12.0. The number of phenols is 1. The maximum Gasteiger partial charge on any atom is 0.160 e. The van der Waals surface area contributed by atoms with Crippen LogP contribution in [0.2, 0.25) is 0 Å². The molecule has 0 bridgehead atoms. The zero-order valence-corrected chi connectivity index (χ0v) is 14.0. The summed E-state index contributed by atoms with van der Waals surface area (Å²) in [5.74, 6) is 1.66. The van der Waals surface area contributed by atoms with Crippen LogP contribution in [-0.2, 0) is 6.42 Å². The van der Waals surface area contributed by atoms with Crippen molar-refractivity contribution in [3.05, 3.63) is 53.1 Å². The van der Waals surface area contributed by atoms with Crippen LogP contribution in [0.25, 0.3) is 0 Å². The molecule has 1 atom stereocenters. The van der Waals surface area contributed by atoms with Crippen LogP contribution in [0.4, 0.5) is 0 Å². The van der Waals surface area contributed by atoms with Crippen molar-refractivity contribution in [1.29, 1.82) is 0 Å². The van der Waals surface area contributed by atoms with Gasteiger partial charge >= 0.3 is 0 Å². The minimum atomic E-state index is 0.144. The number of ether oxygens (including phenoxy) is 2. The van der Waals surface area contributed by atoms with Gasteiger partial charge in [0, 0.05) is 5.92 Å². The summed E-state index contributed by atoms with van der Waals surface area (Å²) in [7, 11) is 1.55. The highest BCUT2D eigenvalue weighted by Gasteiger charge is 2.17. The van der Waals surface area contributed by atoms with Crippen LogP contribution in [0, 0.1) is 6.92 Å². The average Bonchev–Trinajstić information content (AvgIpc) is 2.56. The number of phenolic OH excluding ortho intramolecular Hbond substituents is 1. The highest BCUT2D eigenvalue weighted by atomic mass is 16.5. The first-order chi connectivity index (χ1) is 11.1. The third kappa shape index (κ3) is 4.17. The van der Waals surface area contributed by atoms with E-state index in [1.165, 1.54) is 5.56 Å². The number of hydrogen-bond acceptors (Lipinski definition) is 4. The standard InChI is InChI=1S/C19H25NO3/c1-4-23-18-8-5-13(2)9-16(18)15(12-20)10-14-6-7-17(21)19(11-14)22-3/h5-9,11,15,21H,4,10,12,20H2,1-3H3. The molecule has 0 aliphatic rings. The number of aromatic hydroxyl groups is 1. The van der Waals surface area contributed by atoms with Gasteiger partial charge in [0.1, 0.15) is 5.75 Å². The maximum absolute atomic E-state index is 9.72. The molecule has 0 aromatic heterocycles. The second-order valence-corrected chi connectivity index (χ2v) is 5.62. The highest BCUT2D eigenvalue weighted by molar-refractivity contribution is 5.44. The third-order valence-corrected chi connectivity index (χ3v) is 3.92. The topological polar surface area (TPSA) is 64.7 Å². The zero-order chi connectivity index (χ0) is 16.8. The summed E-state index contributed by atoms with van der Waals surface area (Å²) in [6, 6.07) is 11.6. The smallest absolute Gasteiger partial charge is 0.160 e. The van der Waals surface area contributed by atoms with Gasteiger partial charge in [-0.05, 0) is 56.1 Å². The molecule has 0 amide bonds. The Kier molecular flexibility index (Phi) is 5.88. The number of hydrogen-bond donors (Lipinski definition) is 2. The Morgan fingerprint density at radius 1 is 1.13 bits per heavy atom. The first-order valence-corrected chi connectivity index (χ1v) is 7.88. The molecule has 0 heterocycles. The fourth-order valence-electron chi connectivity index (χ4n) is 2.73. The van der Waals surface area contributed by atoms with E-state index in [0.717, 1.165) is 23.3 Å². The molecule has 23 heavy (non-hydrogen) atoms. The van der Waals surface area contributed by atoms with Crippen molar-refractivity contribution in [1.82, 2.24) is 0 Å². The zero-order valence-electron chi connectivity index (χ0n) is 14.0. The van der Waals surface area contributed by atoms with E-state index >= 15 is 0 Å². The van der Waals surface area contributed by atoms with Gasteiger partial charge in [-0.3, -0.25) is 0 Å². The van der Waals surface area contributed by atoms with Gasteiger partial charge in [-0.1, -0.05) is 23.8 Å². The van der Waals surface area contributed by atoms with Gasteiger partial charge in [0.05, 0.1) is 13.7 Å². The van der Waals surface area contributed by atoms with Crippen LogP contribution in [0.5, 0.6) is 17.2 Å². The van der Waals surface area contributed by atoms with E-state index in [-0.39, 0.29) is 11.7 Å². The molecule has 2 rings (SSSR count). The fourth-order valence-corrected chi connectivity index (χ4v) is 2.73. The molecule has 0 saturated carbocycles.